The molecule has 6 nitrogen and oxygen atoms in total. The average molecular weight is 401 g/mol. The third-order valence-electron chi connectivity index (χ3n) is 5.19. The van der Waals surface area contributed by atoms with Gasteiger partial charge in [-0.15, -0.1) is 0 Å². The molecule has 1 atom stereocenters. The predicted octanol–water partition coefficient (Wildman–Crippen LogP) is 3.64. The molecule has 0 spiro atoms. The highest BCUT2D eigenvalue weighted by Crippen LogP contribution is 2.39. The van der Waals surface area contributed by atoms with E-state index in [0.29, 0.717) is 6.54 Å². The maximum absolute atomic E-state index is 5.72. The van der Waals surface area contributed by atoms with Crippen molar-refractivity contribution in [3.8, 4) is 23.0 Å². The van der Waals surface area contributed by atoms with Gasteiger partial charge in [0.1, 0.15) is 11.5 Å². The Morgan fingerprint density at radius 3 is 2.82 bits per heavy atom. The summed E-state index contributed by atoms with van der Waals surface area (Å²) in [6.07, 6.45) is 2.10. The molecule has 0 saturated carbocycles. The molecule has 0 aromatic heterocycles. The summed E-state index contributed by atoms with van der Waals surface area (Å²) < 4.78 is 21.8. The van der Waals surface area contributed by atoms with Crippen LogP contribution in [0.15, 0.2) is 36.4 Å². The fourth-order valence-corrected chi connectivity index (χ4v) is 4.05. The predicted molar refractivity (Wildman–Crippen MR) is 110 cm³/mol. The molecule has 2 aliphatic heterocycles. The Balaban J connectivity index is 1.46. The molecular formula is C21H24N2O4S. The molecule has 2 aromatic rings. The minimum absolute atomic E-state index is 0.168. The van der Waals surface area contributed by atoms with Crippen LogP contribution in [0.1, 0.15) is 30.0 Å². The summed E-state index contributed by atoms with van der Waals surface area (Å²) in [6, 6.07) is 12.0. The Morgan fingerprint density at radius 1 is 1.14 bits per heavy atom. The van der Waals surface area contributed by atoms with Crippen molar-refractivity contribution in [3.63, 3.8) is 0 Å². The maximum Gasteiger partial charge on any atom is 0.231 e. The topological polar surface area (TPSA) is 52.2 Å². The van der Waals surface area contributed by atoms with E-state index < -0.39 is 0 Å². The standard InChI is InChI=1S/C21H24N2O4S/c1-24-15-6-8-18(25-2)16(11-15)17-4-3-9-23(17)21(28)22-12-14-5-7-19-20(10-14)27-13-26-19/h5-8,10-11,17H,3-4,9,12-13H2,1-2H3,(H,22,28)/t17-/m0/s1. The van der Waals surface area contributed by atoms with E-state index in [-0.39, 0.29) is 12.8 Å². The highest BCUT2D eigenvalue weighted by atomic mass is 32.1. The smallest absolute Gasteiger partial charge is 0.231 e. The van der Waals surface area contributed by atoms with Gasteiger partial charge in [-0.05, 0) is 61.0 Å². The van der Waals surface area contributed by atoms with Gasteiger partial charge in [0.2, 0.25) is 6.79 Å². The van der Waals surface area contributed by atoms with E-state index in [0.717, 1.165) is 58.6 Å². The molecule has 28 heavy (non-hydrogen) atoms. The molecular weight excluding hydrogens is 376 g/mol. The van der Waals surface area contributed by atoms with Crippen molar-refractivity contribution < 1.29 is 18.9 Å². The number of hydrogen-bond donors (Lipinski definition) is 1. The third-order valence-corrected chi connectivity index (χ3v) is 5.57. The summed E-state index contributed by atoms with van der Waals surface area (Å²) in [5, 5.41) is 4.13. The molecule has 1 saturated heterocycles. The number of nitrogens with one attached hydrogen (secondary N) is 1. The highest BCUT2D eigenvalue weighted by molar-refractivity contribution is 7.80. The summed E-state index contributed by atoms with van der Waals surface area (Å²) in [6.45, 7) is 1.83. The Kier molecular flexibility index (Phi) is 5.43. The van der Waals surface area contributed by atoms with Crippen molar-refractivity contribution in [3.05, 3.63) is 47.5 Å². The van der Waals surface area contributed by atoms with Crippen molar-refractivity contribution in [1.29, 1.82) is 0 Å². The monoisotopic (exact) mass is 400 g/mol. The molecule has 7 heteroatoms. The van der Waals surface area contributed by atoms with Gasteiger partial charge in [-0.2, -0.15) is 0 Å². The number of ether oxygens (including phenoxy) is 4. The van der Waals surface area contributed by atoms with Gasteiger partial charge in [0, 0.05) is 18.7 Å². The zero-order chi connectivity index (χ0) is 19.5. The van der Waals surface area contributed by atoms with Crippen LogP contribution in [0.5, 0.6) is 23.0 Å². The second kappa shape index (κ2) is 8.14. The first-order valence-corrected chi connectivity index (χ1v) is 9.75. The Bertz CT molecular complexity index is 873. The average Bonchev–Trinajstić information content (AvgIpc) is 3.40. The van der Waals surface area contributed by atoms with Gasteiger partial charge in [0.25, 0.3) is 0 Å². The number of methoxy groups -OCH3 is 2. The SMILES string of the molecule is COc1ccc(OC)c([C@@H]2CCCN2C(=S)NCc2ccc3c(c2)OCO3)c1. The normalized spacial score (nSPS) is 17.5. The van der Waals surface area contributed by atoms with E-state index in [1.807, 2.05) is 36.4 Å². The zero-order valence-corrected chi connectivity index (χ0v) is 16.9. The lowest BCUT2D eigenvalue weighted by atomic mass is 10.0. The van der Waals surface area contributed by atoms with Gasteiger partial charge >= 0.3 is 0 Å². The van der Waals surface area contributed by atoms with E-state index in [1.54, 1.807) is 14.2 Å². The summed E-state index contributed by atoms with van der Waals surface area (Å²) in [7, 11) is 3.37. The van der Waals surface area contributed by atoms with Crippen LogP contribution in [0.3, 0.4) is 0 Å². The van der Waals surface area contributed by atoms with Crippen molar-refractivity contribution in [2.45, 2.75) is 25.4 Å². The van der Waals surface area contributed by atoms with Gasteiger partial charge in [-0.25, -0.2) is 0 Å². The van der Waals surface area contributed by atoms with Gasteiger partial charge in [0.15, 0.2) is 16.6 Å². The van der Waals surface area contributed by atoms with Crippen LogP contribution in [-0.2, 0) is 6.54 Å². The second-order valence-corrected chi connectivity index (χ2v) is 7.19. The molecule has 1 fully saturated rings. The number of benzene rings is 2. The number of rotatable bonds is 5. The zero-order valence-electron chi connectivity index (χ0n) is 16.1. The number of fused-ring (bicyclic) bond motifs is 1. The summed E-state index contributed by atoms with van der Waals surface area (Å²) in [5.41, 5.74) is 2.20. The largest absolute Gasteiger partial charge is 0.497 e. The molecule has 148 valence electrons. The molecule has 0 radical (unpaired) electrons. The van der Waals surface area contributed by atoms with Crippen LogP contribution >= 0.6 is 12.2 Å². The molecule has 2 aromatic carbocycles. The molecule has 0 amide bonds. The van der Waals surface area contributed by atoms with Crippen molar-refractivity contribution in [2.24, 2.45) is 0 Å². The lowest BCUT2D eigenvalue weighted by Crippen LogP contribution is -2.39. The lowest BCUT2D eigenvalue weighted by Gasteiger charge is -2.29. The molecule has 0 aliphatic carbocycles. The van der Waals surface area contributed by atoms with Gasteiger partial charge in [0.05, 0.1) is 20.3 Å². The Morgan fingerprint density at radius 2 is 2.00 bits per heavy atom. The highest BCUT2D eigenvalue weighted by Gasteiger charge is 2.30. The third kappa shape index (κ3) is 3.67. The van der Waals surface area contributed by atoms with E-state index >= 15 is 0 Å². The van der Waals surface area contributed by atoms with Gasteiger partial charge in [-0.3, -0.25) is 0 Å². The quantitative estimate of drug-likeness (QED) is 0.769. The number of nitrogens with zero attached hydrogens (tertiary/aromatic N) is 1. The maximum atomic E-state index is 5.72. The van der Waals surface area contributed by atoms with Crippen LogP contribution < -0.4 is 24.3 Å². The van der Waals surface area contributed by atoms with Crippen LogP contribution in [0.25, 0.3) is 0 Å². The first-order chi connectivity index (χ1) is 13.7. The molecule has 2 aliphatic rings. The Labute approximate surface area is 170 Å². The van der Waals surface area contributed by atoms with Crippen LogP contribution in [0, 0.1) is 0 Å². The number of likely N-dealkylation sites (tertiary alicyclic amines) is 1. The minimum atomic E-state index is 0.168. The first-order valence-electron chi connectivity index (χ1n) is 9.34. The van der Waals surface area contributed by atoms with Crippen molar-refractivity contribution in [1.82, 2.24) is 10.2 Å². The Hall–Kier alpha value is -2.67. The van der Waals surface area contributed by atoms with E-state index in [4.69, 9.17) is 31.2 Å². The molecule has 0 unspecified atom stereocenters. The summed E-state index contributed by atoms with van der Waals surface area (Å²) in [4.78, 5) is 2.24. The molecule has 0 bridgehead atoms. The van der Waals surface area contributed by atoms with E-state index in [1.165, 1.54) is 0 Å². The number of thiocarbonyl (C=S) groups is 1. The second-order valence-electron chi connectivity index (χ2n) is 6.81. The van der Waals surface area contributed by atoms with E-state index in [9.17, 15) is 0 Å². The fraction of sp³-hybridized carbons (Fsp3) is 0.381. The van der Waals surface area contributed by atoms with Crippen LogP contribution in [0.4, 0.5) is 0 Å². The van der Waals surface area contributed by atoms with Crippen LogP contribution in [0.2, 0.25) is 0 Å². The minimum Gasteiger partial charge on any atom is -0.497 e. The van der Waals surface area contributed by atoms with Crippen molar-refractivity contribution >= 4 is 17.3 Å². The van der Waals surface area contributed by atoms with E-state index in [2.05, 4.69) is 10.2 Å². The van der Waals surface area contributed by atoms with Gasteiger partial charge < -0.3 is 29.2 Å². The fourth-order valence-electron chi connectivity index (χ4n) is 3.76. The summed E-state index contributed by atoms with van der Waals surface area (Å²) in [5.74, 6) is 3.25. The lowest BCUT2D eigenvalue weighted by molar-refractivity contribution is 0.174. The van der Waals surface area contributed by atoms with Crippen LogP contribution in [-0.4, -0.2) is 37.6 Å². The molecule has 4 rings (SSSR count). The van der Waals surface area contributed by atoms with Crippen molar-refractivity contribution in [2.75, 3.05) is 27.6 Å². The first kappa shape index (κ1) is 18.7. The molecule has 2 heterocycles. The van der Waals surface area contributed by atoms with Gasteiger partial charge in [-0.1, -0.05) is 6.07 Å². The molecule has 1 N–H and O–H groups in total. The number of hydrogen-bond acceptors (Lipinski definition) is 5. The summed E-state index contributed by atoms with van der Waals surface area (Å²) >= 11 is 5.72.